The van der Waals surface area contributed by atoms with Gasteiger partial charge in [0.15, 0.2) is 0 Å². The first-order valence-electron chi connectivity index (χ1n) is 7.66. The standard InChI is InChI=1S/C16H18F3NO3/c17-16(18,19)23-14-6-2-1-5-11(14)12-8-13(12)15(22)20-7-3-4-10(21)9-20/h1-2,5-6,10,12-13,21H,3-4,7-9H2/t10-,12+,13-/m1/s1. The number of likely N-dealkylation sites (tertiary alicyclic amines) is 1. The molecule has 0 aromatic heterocycles. The number of aliphatic hydroxyl groups is 1. The van der Waals surface area contributed by atoms with Crippen LogP contribution >= 0.6 is 0 Å². The number of β-amino-alcohol motifs (C(OH)–C–C–N with tert-alkyl or cyclic N) is 1. The van der Waals surface area contributed by atoms with Crippen molar-refractivity contribution in [2.75, 3.05) is 13.1 Å². The summed E-state index contributed by atoms with van der Waals surface area (Å²) in [6.45, 7) is 0.905. The number of carbonyl (C=O) groups is 1. The van der Waals surface area contributed by atoms with E-state index in [-0.39, 0.29) is 23.5 Å². The molecule has 1 heterocycles. The first kappa shape index (κ1) is 16.1. The van der Waals surface area contributed by atoms with Gasteiger partial charge < -0.3 is 14.7 Å². The third kappa shape index (κ3) is 3.77. The van der Waals surface area contributed by atoms with Crippen LogP contribution in [0.5, 0.6) is 5.75 Å². The molecule has 1 saturated carbocycles. The van der Waals surface area contributed by atoms with Crippen molar-refractivity contribution in [2.24, 2.45) is 5.92 Å². The van der Waals surface area contributed by atoms with Gasteiger partial charge in [0.2, 0.25) is 5.91 Å². The highest BCUT2D eigenvalue weighted by atomic mass is 19.4. The fourth-order valence-corrected chi connectivity index (χ4v) is 3.21. The van der Waals surface area contributed by atoms with Gasteiger partial charge in [0.25, 0.3) is 0 Å². The van der Waals surface area contributed by atoms with E-state index in [1.54, 1.807) is 17.0 Å². The van der Waals surface area contributed by atoms with Gasteiger partial charge in [-0.3, -0.25) is 4.79 Å². The zero-order valence-corrected chi connectivity index (χ0v) is 12.4. The average molecular weight is 329 g/mol. The predicted molar refractivity (Wildman–Crippen MR) is 75.8 cm³/mol. The Morgan fingerprint density at radius 2 is 2.04 bits per heavy atom. The molecule has 1 aromatic carbocycles. The number of amides is 1. The molecule has 1 amide bonds. The van der Waals surface area contributed by atoms with Crippen molar-refractivity contribution in [3.63, 3.8) is 0 Å². The Morgan fingerprint density at radius 3 is 2.74 bits per heavy atom. The van der Waals surface area contributed by atoms with Gasteiger partial charge >= 0.3 is 6.36 Å². The van der Waals surface area contributed by atoms with Crippen molar-refractivity contribution in [3.05, 3.63) is 29.8 Å². The topological polar surface area (TPSA) is 49.8 Å². The maximum Gasteiger partial charge on any atom is 0.573 e. The largest absolute Gasteiger partial charge is 0.573 e. The van der Waals surface area contributed by atoms with Gasteiger partial charge in [-0.2, -0.15) is 0 Å². The molecule has 1 saturated heterocycles. The lowest BCUT2D eigenvalue weighted by molar-refractivity contribution is -0.274. The van der Waals surface area contributed by atoms with Crippen LogP contribution in [0.25, 0.3) is 0 Å². The van der Waals surface area contributed by atoms with Crippen LogP contribution < -0.4 is 4.74 Å². The minimum absolute atomic E-state index is 0.0874. The number of hydrogen-bond donors (Lipinski definition) is 1. The monoisotopic (exact) mass is 329 g/mol. The summed E-state index contributed by atoms with van der Waals surface area (Å²) in [7, 11) is 0. The normalized spacial score (nSPS) is 27.7. The molecule has 1 aliphatic heterocycles. The van der Waals surface area contributed by atoms with E-state index in [4.69, 9.17) is 0 Å². The molecule has 0 spiro atoms. The highest BCUT2D eigenvalue weighted by Gasteiger charge is 2.48. The van der Waals surface area contributed by atoms with Crippen molar-refractivity contribution in [1.29, 1.82) is 0 Å². The molecule has 4 nitrogen and oxygen atoms in total. The number of alkyl halides is 3. The Morgan fingerprint density at radius 1 is 1.30 bits per heavy atom. The van der Waals surface area contributed by atoms with Crippen molar-refractivity contribution < 1.29 is 27.8 Å². The first-order valence-corrected chi connectivity index (χ1v) is 7.66. The number of carbonyl (C=O) groups excluding carboxylic acids is 1. The lowest BCUT2D eigenvalue weighted by Crippen LogP contribution is -2.43. The summed E-state index contributed by atoms with van der Waals surface area (Å²) in [6.07, 6.45) is -3.31. The molecule has 1 aromatic rings. The van der Waals surface area contributed by atoms with Crippen LogP contribution in [0.15, 0.2) is 24.3 Å². The smallest absolute Gasteiger partial charge is 0.405 e. The summed E-state index contributed by atoms with van der Waals surface area (Å²) in [5.74, 6) is -0.895. The lowest BCUT2D eigenvalue weighted by Gasteiger charge is -2.30. The van der Waals surface area contributed by atoms with Crippen LogP contribution in [-0.2, 0) is 4.79 Å². The van der Waals surface area contributed by atoms with Gasteiger partial charge in [-0.25, -0.2) is 0 Å². The van der Waals surface area contributed by atoms with Gasteiger partial charge in [0.05, 0.1) is 6.10 Å². The van der Waals surface area contributed by atoms with E-state index in [9.17, 15) is 23.1 Å². The van der Waals surface area contributed by atoms with Crippen molar-refractivity contribution in [3.8, 4) is 5.75 Å². The van der Waals surface area contributed by atoms with Crippen LogP contribution in [-0.4, -0.2) is 41.5 Å². The van der Waals surface area contributed by atoms with E-state index in [0.29, 0.717) is 31.5 Å². The number of para-hydroxylation sites is 1. The number of rotatable bonds is 3. The SMILES string of the molecule is O=C([C@@H]1C[C@H]1c1ccccc1OC(F)(F)F)N1CCC[C@@H](O)C1. The second-order valence-corrected chi connectivity index (χ2v) is 6.11. The summed E-state index contributed by atoms with van der Waals surface area (Å²) in [6, 6.07) is 5.96. The number of nitrogens with zero attached hydrogens (tertiary/aromatic N) is 1. The Bertz CT molecular complexity index is 590. The Balaban J connectivity index is 1.69. The fraction of sp³-hybridized carbons (Fsp3) is 0.562. The molecule has 3 rings (SSSR count). The molecule has 3 atom stereocenters. The summed E-state index contributed by atoms with van der Waals surface area (Å²) < 4.78 is 41.5. The van der Waals surface area contributed by atoms with Crippen molar-refractivity contribution in [2.45, 2.75) is 37.6 Å². The minimum atomic E-state index is -4.75. The van der Waals surface area contributed by atoms with E-state index in [1.165, 1.54) is 12.1 Å². The second-order valence-electron chi connectivity index (χ2n) is 6.11. The second kappa shape index (κ2) is 6.03. The molecule has 2 fully saturated rings. The Labute approximate surface area is 131 Å². The summed E-state index contributed by atoms with van der Waals surface area (Å²) in [5, 5.41) is 9.65. The third-order valence-corrected chi connectivity index (χ3v) is 4.36. The molecule has 1 N–H and O–H groups in total. The van der Waals surface area contributed by atoms with E-state index in [2.05, 4.69) is 4.74 Å². The van der Waals surface area contributed by atoms with E-state index in [1.807, 2.05) is 0 Å². The van der Waals surface area contributed by atoms with E-state index in [0.717, 1.165) is 6.42 Å². The number of hydrogen-bond acceptors (Lipinski definition) is 3. The summed E-state index contributed by atoms with van der Waals surface area (Å²) >= 11 is 0. The molecular formula is C16H18F3NO3. The highest BCUT2D eigenvalue weighted by molar-refractivity contribution is 5.83. The minimum Gasteiger partial charge on any atom is -0.405 e. The Hall–Kier alpha value is -1.76. The van der Waals surface area contributed by atoms with Gasteiger partial charge in [0.1, 0.15) is 5.75 Å². The Kier molecular flexibility index (Phi) is 4.23. The molecule has 126 valence electrons. The summed E-state index contributed by atoms with van der Waals surface area (Å²) in [4.78, 5) is 14.1. The van der Waals surface area contributed by atoms with E-state index >= 15 is 0 Å². The van der Waals surface area contributed by atoms with Gasteiger partial charge in [-0.1, -0.05) is 18.2 Å². The molecule has 1 aliphatic carbocycles. The van der Waals surface area contributed by atoms with Crippen LogP contribution in [0.2, 0.25) is 0 Å². The number of piperidine rings is 1. The van der Waals surface area contributed by atoms with Gasteiger partial charge in [-0.05, 0) is 36.8 Å². The summed E-state index contributed by atoms with van der Waals surface area (Å²) in [5.41, 5.74) is 0.417. The predicted octanol–water partition coefficient (Wildman–Crippen LogP) is 2.67. The quantitative estimate of drug-likeness (QED) is 0.927. The number of aliphatic hydroxyl groups excluding tert-OH is 1. The van der Waals surface area contributed by atoms with Gasteiger partial charge in [-0.15, -0.1) is 13.2 Å². The van der Waals surface area contributed by atoms with Crippen LogP contribution in [0.4, 0.5) is 13.2 Å². The van der Waals surface area contributed by atoms with Crippen LogP contribution in [0.1, 0.15) is 30.7 Å². The lowest BCUT2D eigenvalue weighted by atomic mass is 10.1. The molecule has 7 heteroatoms. The highest BCUT2D eigenvalue weighted by Crippen LogP contribution is 2.51. The molecule has 0 bridgehead atoms. The first-order chi connectivity index (χ1) is 10.8. The van der Waals surface area contributed by atoms with Crippen LogP contribution in [0, 0.1) is 5.92 Å². The zero-order valence-electron chi connectivity index (χ0n) is 12.4. The zero-order chi connectivity index (χ0) is 16.6. The average Bonchev–Trinajstić information content (AvgIpc) is 3.25. The van der Waals surface area contributed by atoms with E-state index < -0.39 is 12.5 Å². The fourth-order valence-electron chi connectivity index (χ4n) is 3.21. The molecular weight excluding hydrogens is 311 g/mol. The van der Waals surface area contributed by atoms with Crippen molar-refractivity contribution >= 4 is 5.91 Å². The molecule has 0 radical (unpaired) electrons. The van der Waals surface area contributed by atoms with Crippen LogP contribution in [0.3, 0.4) is 0 Å². The molecule has 0 unspecified atom stereocenters. The number of ether oxygens (including phenoxy) is 1. The maximum atomic E-state index is 12.5. The molecule has 2 aliphatic rings. The third-order valence-electron chi connectivity index (χ3n) is 4.36. The van der Waals surface area contributed by atoms with Gasteiger partial charge in [0, 0.05) is 19.0 Å². The molecule has 23 heavy (non-hydrogen) atoms. The van der Waals surface area contributed by atoms with Crippen molar-refractivity contribution in [1.82, 2.24) is 4.90 Å². The maximum absolute atomic E-state index is 12.5. The number of benzene rings is 1. The number of halogens is 3.